The number of benzene rings is 2. The summed E-state index contributed by atoms with van der Waals surface area (Å²) >= 11 is 0. The third-order valence-corrected chi connectivity index (χ3v) is 7.46. The van der Waals surface area contributed by atoms with Gasteiger partial charge in [-0.3, -0.25) is 19.3 Å². The summed E-state index contributed by atoms with van der Waals surface area (Å²) in [6.07, 6.45) is 3.92. The van der Waals surface area contributed by atoms with Gasteiger partial charge in [-0.1, -0.05) is 27.0 Å². The number of rotatable bonds is 6. The highest BCUT2D eigenvalue weighted by Gasteiger charge is 2.36. The van der Waals surface area contributed by atoms with Gasteiger partial charge in [-0.05, 0) is 56.0 Å². The Kier molecular flexibility index (Phi) is 11.5. The lowest BCUT2D eigenvalue weighted by Gasteiger charge is -2.19. The topological polar surface area (TPSA) is 107 Å². The van der Waals surface area contributed by atoms with Crippen LogP contribution in [-0.4, -0.2) is 61.5 Å². The minimum Gasteiger partial charge on any atom is -0.491 e. The molecule has 0 atom stereocenters. The van der Waals surface area contributed by atoms with E-state index in [1.807, 2.05) is 0 Å². The van der Waals surface area contributed by atoms with Crippen LogP contribution >= 0.6 is 0 Å². The average molecular weight is 649 g/mol. The SMILES string of the molecule is C.C.COc1c(F)c(F)cc2c(=O)c(C(=O)OB(F)F)cn(C3CC3)c12.O=C1c2ccccc2C(=O)N1C/C(F)=C1/CCCNC1. The molecule has 1 saturated carbocycles. The van der Waals surface area contributed by atoms with Crippen molar-refractivity contribution in [3.05, 3.63) is 86.5 Å². The number of hydrogen-bond donors (Lipinski definition) is 1. The molecule has 3 heterocycles. The van der Waals surface area contributed by atoms with E-state index in [1.54, 1.807) is 24.3 Å². The molecule has 3 aromatic rings. The second-order valence-electron chi connectivity index (χ2n) is 10.3. The van der Waals surface area contributed by atoms with E-state index in [-0.39, 0.29) is 44.2 Å². The first-order valence-electron chi connectivity index (χ1n) is 13.7. The number of nitrogens with zero attached hydrogens (tertiary/aromatic N) is 2. The molecule has 6 rings (SSSR count). The van der Waals surface area contributed by atoms with Crippen LogP contribution in [0.4, 0.5) is 21.8 Å². The average Bonchev–Trinajstić information content (AvgIpc) is 3.83. The molecule has 246 valence electrons. The number of aromatic nitrogens is 1. The minimum atomic E-state index is -3.40. The van der Waals surface area contributed by atoms with Gasteiger partial charge in [0, 0.05) is 18.8 Å². The number of amides is 2. The predicted octanol–water partition coefficient (Wildman–Crippen LogP) is 5.87. The number of imide groups is 1. The molecular formula is C31H33BF5N3O6. The number of piperidine rings is 1. The van der Waals surface area contributed by atoms with Crippen molar-refractivity contribution in [2.75, 3.05) is 26.7 Å². The van der Waals surface area contributed by atoms with Crippen LogP contribution in [0.1, 0.15) is 77.7 Å². The molecule has 1 aliphatic carbocycles. The molecule has 3 aliphatic rings. The van der Waals surface area contributed by atoms with E-state index in [0.29, 0.717) is 48.6 Å². The monoisotopic (exact) mass is 649 g/mol. The quantitative estimate of drug-likeness (QED) is 0.203. The number of hydrogen-bond acceptors (Lipinski definition) is 7. The lowest BCUT2D eigenvalue weighted by Crippen LogP contribution is -2.32. The Hall–Kier alpha value is -4.53. The van der Waals surface area contributed by atoms with Gasteiger partial charge in [0.15, 0.2) is 11.6 Å². The van der Waals surface area contributed by atoms with Crippen LogP contribution in [0.2, 0.25) is 0 Å². The van der Waals surface area contributed by atoms with E-state index in [4.69, 9.17) is 4.74 Å². The summed E-state index contributed by atoms with van der Waals surface area (Å²) in [6.45, 7) is 1.11. The first kappa shape index (κ1) is 35.9. The van der Waals surface area contributed by atoms with Gasteiger partial charge in [0.1, 0.15) is 11.4 Å². The van der Waals surface area contributed by atoms with Crippen molar-refractivity contribution in [2.45, 2.75) is 46.6 Å². The Bertz CT molecular complexity index is 1720. The fraction of sp³-hybridized carbons (Fsp3) is 0.355. The number of halogens is 5. The summed E-state index contributed by atoms with van der Waals surface area (Å²) in [7, 11) is -2.29. The Morgan fingerprint density at radius 1 is 1.07 bits per heavy atom. The van der Waals surface area contributed by atoms with Gasteiger partial charge in [0.2, 0.25) is 11.2 Å². The van der Waals surface area contributed by atoms with Crippen LogP contribution in [0.25, 0.3) is 10.9 Å². The fourth-order valence-electron chi connectivity index (χ4n) is 5.17. The van der Waals surface area contributed by atoms with Crippen molar-refractivity contribution in [2.24, 2.45) is 0 Å². The van der Waals surface area contributed by atoms with Crippen molar-refractivity contribution in [1.29, 1.82) is 0 Å². The van der Waals surface area contributed by atoms with Crippen molar-refractivity contribution >= 4 is 36.2 Å². The highest BCUT2D eigenvalue weighted by atomic mass is 19.2. The molecule has 9 nitrogen and oxygen atoms in total. The Morgan fingerprint density at radius 2 is 1.70 bits per heavy atom. The number of methoxy groups -OCH3 is 1. The second-order valence-corrected chi connectivity index (χ2v) is 10.3. The number of nitrogens with one attached hydrogen (secondary N) is 1. The molecule has 0 bridgehead atoms. The predicted molar refractivity (Wildman–Crippen MR) is 162 cm³/mol. The first-order valence-corrected chi connectivity index (χ1v) is 13.7. The number of carbonyl (C=O) groups excluding carboxylic acids is 3. The third kappa shape index (κ3) is 6.98. The van der Waals surface area contributed by atoms with Gasteiger partial charge in [0.05, 0.1) is 35.7 Å². The molecule has 1 saturated heterocycles. The number of carbonyl (C=O) groups is 3. The molecule has 2 aromatic carbocycles. The summed E-state index contributed by atoms with van der Waals surface area (Å²) in [4.78, 5) is 49.3. The van der Waals surface area contributed by atoms with E-state index in [2.05, 4.69) is 9.97 Å². The summed E-state index contributed by atoms with van der Waals surface area (Å²) in [5.74, 6) is -5.83. The van der Waals surface area contributed by atoms with Crippen LogP contribution in [0.3, 0.4) is 0 Å². The Labute approximate surface area is 262 Å². The van der Waals surface area contributed by atoms with Crippen LogP contribution in [0.5, 0.6) is 5.75 Å². The molecule has 0 unspecified atom stereocenters. The first-order chi connectivity index (χ1) is 21.0. The summed E-state index contributed by atoms with van der Waals surface area (Å²) in [5, 5.41) is 2.75. The molecule has 2 fully saturated rings. The van der Waals surface area contributed by atoms with Crippen LogP contribution in [-0.2, 0) is 4.65 Å². The van der Waals surface area contributed by atoms with E-state index in [0.717, 1.165) is 31.2 Å². The zero-order valence-corrected chi connectivity index (χ0v) is 23.3. The molecule has 0 radical (unpaired) electrons. The number of pyridine rings is 1. The second kappa shape index (κ2) is 14.7. The molecule has 1 N–H and O–H groups in total. The smallest absolute Gasteiger partial charge is 0.491 e. The highest BCUT2D eigenvalue weighted by Crippen LogP contribution is 2.40. The van der Waals surface area contributed by atoms with Crippen molar-refractivity contribution in [1.82, 2.24) is 14.8 Å². The molecule has 1 aromatic heterocycles. The normalized spacial score (nSPS) is 16.4. The molecule has 2 aliphatic heterocycles. The maximum atomic E-state index is 14.2. The van der Waals surface area contributed by atoms with Gasteiger partial charge in [-0.2, -0.15) is 4.39 Å². The van der Waals surface area contributed by atoms with Crippen molar-refractivity contribution in [3.63, 3.8) is 0 Å². The van der Waals surface area contributed by atoms with Crippen LogP contribution in [0, 0.1) is 11.6 Å². The van der Waals surface area contributed by atoms with Gasteiger partial charge in [-0.25, -0.2) is 22.2 Å². The van der Waals surface area contributed by atoms with E-state index >= 15 is 0 Å². The largest absolute Gasteiger partial charge is 0.798 e. The summed E-state index contributed by atoms with van der Waals surface area (Å²) in [6, 6.07) is 7.05. The lowest BCUT2D eigenvalue weighted by atomic mass is 10.1. The van der Waals surface area contributed by atoms with Crippen LogP contribution < -0.4 is 15.5 Å². The Morgan fingerprint density at radius 3 is 2.22 bits per heavy atom. The molecule has 0 spiro atoms. The lowest BCUT2D eigenvalue weighted by molar-refractivity contribution is 0.0654. The maximum Gasteiger partial charge on any atom is 0.798 e. The third-order valence-electron chi connectivity index (χ3n) is 7.46. The van der Waals surface area contributed by atoms with Gasteiger partial charge in [-0.15, -0.1) is 0 Å². The zero-order chi connectivity index (χ0) is 31.7. The van der Waals surface area contributed by atoms with E-state index in [9.17, 15) is 41.0 Å². The molecular weight excluding hydrogens is 616 g/mol. The van der Waals surface area contributed by atoms with Crippen molar-refractivity contribution < 1.29 is 45.6 Å². The fourth-order valence-corrected chi connectivity index (χ4v) is 5.17. The van der Waals surface area contributed by atoms with Crippen LogP contribution in [0.15, 0.2) is 52.7 Å². The molecule has 15 heteroatoms. The maximum absolute atomic E-state index is 14.2. The van der Waals surface area contributed by atoms with Gasteiger partial charge in [0.25, 0.3) is 11.8 Å². The number of fused-ring (bicyclic) bond motifs is 2. The Balaban J connectivity index is 0.000000243. The summed E-state index contributed by atoms with van der Waals surface area (Å²) < 4.78 is 76.3. The summed E-state index contributed by atoms with van der Waals surface area (Å²) in [5.41, 5.74) is -0.369. The van der Waals surface area contributed by atoms with Crippen molar-refractivity contribution in [3.8, 4) is 5.75 Å². The van der Waals surface area contributed by atoms with Gasteiger partial charge >= 0.3 is 13.4 Å². The highest BCUT2D eigenvalue weighted by molar-refractivity contribution is 6.38. The minimum absolute atomic E-state index is 0. The van der Waals surface area contributed by atoms with E-state index < -0.39 is 53.6 Å². The molecule has 46 heavy (non-hydrogen) atoms. The standard InChI is InChI=1S/C15H15FN2O2.C14H10BF4NO4.2CH4/c16-13(10-4-3-7-17-8-10)9-18-14(19)11-5-1-2-6-12(11)15(18)20;1-23-13-10(17)9(16)4-7-11(13)20(6-2-3-6)5-8(12(7)21)14(22)24-15(18)19;;/h1-2,5-6,17H,3-4,7-9H2;4-6H,2-3H2,1H3;2*1H4/b13-10+;;;. The number of ether oxygens (including phenoxy) is 1. The van der Waals surface area contributed by atoms with E-state index in [1.165, 1.54) is 4.57 Å². The molecule has 2 amide bonds. The van der Waals surface area contributed by atoms with Gasteiger partial charge < -0.3 is 19.3 Å². The zero-order valence-electron chi connectivity index (χ0n) is 23.3.